The number of nitrogens with one attached hydrogen (secondary N) is 1. The zero-order chi connectivity index (χ0) is 20.6. The molecule has 2 rings (SSSR count). The average molecular weight is 399 g/mol. The summed E-state index contributed by atoms with van der Waals surface area (Å²) in [5.41, 5.74) is -2.97. The normalized spacial score (nSPS) is 17.1. The van der Waals surface area contributed by atoms with Gasteiger partial charge in [-0.05, 0) is 18.2 Å². The van der Waals surface area contributed by atoms with E-state index in [1.54, 1.807) is 0 Å². The van der Waals surface area contributed by atoms with Gasteiger partial charge in [-0.15, -0.1) is 13.2 Å². The van der Waals surface area contributed by atoms with E-state index >= 15 is 0 Å². The Morgan fingerprint density at radius 1 is 1.04 bits per heavy atom. The summed E-state index contributed by atoms with van der Waals surface area (Å²) in [4.78, 5) is 23.5. The summed E-state index contributed by atoms with van der Waals surface area (Å²) in [7, 11) is 0. The van der Waals surface area contributed by atoms with Crippen molar-refractivity contribution in [2.45, 2.75) is 32.2 Å². The number of benzene rings is 1. The number of anilines is 1. The molecule has 0 radical (unpaired) electrons. The summed E-state index contributed by atoms with van der Waals surface area (Å²) < 4.78 is 88.8. The first-order valence-corrected chi connectivity index (χ1v) is 7.08. The number of alkyl halides is 6. The van der Waals surface area contributed by atoms with Crippen LogP contribution in [0, 0.1) is 0 Å². The minimum Gasteiger partial charge on any atom is -0.419 e. The first-order valence-electron chi connectivity index (χ1n) is 7.08. The maximum atomic E-state index is 13.1. The van der Waals surface area contributed by atoms with E-state index in [4.69, 9.17) is 9.47 Å². The van der Waals surface area contributed by atoms with Crippen LogP contribution in [-0.2, 0) is 25.2 Å². The third kappa shape index (κ3) is 5.28. The molecule has 0 atom stereocenters. The lowest BCUT2D eigenvalue weighted by Crippen LogP contribution is -2.42. The van der Waals surface area contributed by atoms with E-state index in [1.165, 1.54) is 13.8 Å². The number of ether oxygens (including phenoxy) is 3. The number of esters is 2. The SMILES string of the molecule is CC1(C)OC(=O)C(=CNc2ccc(OC(F)(F)F)cc2C(F)(F)F)C(=O)O1. The number of rotatable bonds is 3. The molecule has 1 aliphatic heterocycles. The van der Waals surface area contributed by atoms with E-state index in [1.807, 2.05) is 5.32 Å². The summed E-state index contributed by atoms with van der Waals surface area (Å²) in [5.74, 6) is -4.92. The fourth-order valence-electron chi connectivity index (χ4n) is 2.01. The molecule has 12 heteroatoms. The maximum Gasteiger partial charge on any atom is 0.573 e. The summed E-state index contributed by atoms with van der Waals surface area (Å²) in [5, 5.41) is 2.05. The van der Waals surface area contributed by atoms with Gasteiger partial charge in [0.25, 0.3) is 5.79 Å². The zero-order valence-electron chi connectivity index (χ0n) is 13.6. The molecule has 0 unspecified atom stereocenters. The highest BCUT2D eigenvalue weighted by molar-refractivity contribution is 6.15. The topological polar surface area (TPSA) is 73.9 Å². The van der Waals surface area contributed by atoms with Crippen LogP contribution in [0.2, 0.25) is 0 Å². The molecule has 27 heavy (non-hydrogen) atoms. The second-order valence-corrected chi connectivity index (χ2v) is 5.63. The lowest BCUT2D eigenvalue weighted by atomic mass is 10.1. The third-order valence-electron chi connectivity index (χ3n) is 3.02. The van der Waals surface area contributed by atoms with Gasteiger partial charge in [0.1, 0.15) is 5.75 Å². The monoisotopic (exact) mass is 399 g/mol. The van der Waals surface area contributed by atoms with Gasteiger partial charge in [0.05, 0.1) is 11.3 Å². The van der Waals surface area contributed by atoms with E-state index in [0.29, 0.717) is 18.3 Å². The largest absolute Gasteiger partial charge is 0.573 e. The summed E-state index contributed by atoms with van der Waals surface area (Å²) in [6, 6.07) is 1.39. The molecule has 6 nitrogen and oxygen atoms in total. The van der Waals surface area contributed by atoms with E-state index in [2.05, 4.69) is 4.74 Å². The highest BCUT2D eigenvalue weighted by Gasteiger charge is 2.40. The fourth-order valence-corrected chi connectivity index (χ4v) is 2.01. The molecule has 1 saturated heterocycles. The van der Waals surface area contributed by atoms with Crippen LogP contribution in [0.4, 0.5) is 32.0 Å². The molecular formula is C15H11F6NO5. The Balaban J connectivity index is 2.33. The van der Waals surface area contributed by atoms with Crippen LogP contribution in [-0.4, -0.2) is 24.1 Å². The van der Waals surface area contributed by atoms with Crippen molar-refractivity contribution in [1.82, 2.24) is 0 Å². The second-order valence-electron chi connectivity index (χ2n) is 5.63. The van der Waals surface area contributed by atoms with Gasteiger partial charge in [-0.25, -0.2) is 9.59 Å². The highest BCUT2D eigenvalue weighted by Crippen LogP contribution is 2.38. The van der Waals surface area contributed by atoms with Crippen molar-refractivity contribution in [2.75, 3.05) is 5.32 Å². The number of hydrogen-bond donors (Lipinski definition) is 1. The molecule has 1 aliphatic rings. The van der Waals surface area contributed by atoms with Crippen molar-refractivity contribution in [3.05, 3.63) is 35.5 Å². The standard InChI is InChI=1S/C15H11F6NO5/c1-13(2)26-11(23)8(12(24)27-13)6-22-10-4-3-7(25-15(19,20)21)5-9(10)14(16,17)18/h3-6,22H,1-2H3. The Labute approximate surface area is 147 Å². The molecule has 0 amide bonds. The molecule has 1 heterocycles. The van der Waals surface area contributed by atoms with Gasteiger partial charge in [-0.3, -0.25) is 0 Å². The molecule has 0 aromatic heterocycles. The van der Waals surface area contributed by atoms with Crippen molar-refractivity contribution in [1.29, 1.82) is 0 Å². The predicted octanol–water partition coefficient (Wildman–Crippen LogP) is 3.74. The summed E-state index contributed by atoms with van der Waals surface area (Å²) in [6.07, 6.45) is -9.63. The van der Waals surface area contributed by atoms with E-state index in [0.717, 1.165) is 0 Å². The first-order chi connectivity index (χ1) is 12.2. The van der Waals surface area contributed by atoms with Gasteiger partial charge in [0.2, 0.25) is 0 Å². The number of hydrogen-bond acceptors (Lipinski definition) is 6. The van der Waals surface area contributed by atoms with E-state index in [9.17, 15) is 35.9 Å². The van der Waals surface area contributed by atoms with Crippen LogP contribution in [0.25, 0.3) is 0 Å². The summed E-state index contributed by atoms with van der Waals surface area (Å²) in [6.45, 7) is 2.54. The van der Waals surface area contributed by atoms with Crippen LogP contribution >= 0.6 is 0 Å². The quantitative estimate of drug-likeness (QED) is 0.361. The van der Waals surface area contributed by atoms with Crippen LogP contribution in [0.1, 0.15) is 19.4 Å². The molecule has 0 bridgehead atoms. The van der Waals surface area contributed by atoms with Crippen LogP contribution in [0.3, 0.4) is 0 Å². The average Bonchev–Trinajstić information content (AvgIpc) is 2.43. The Kier molecular flexibility index (Phi) is 5.04. The van der Waals surface area contributed by atoms with Crippen molar-refractivity contribution in [3.8, 4) is 5.75 Å². The lowest BCUT2D eigenvalue weighted by Gasteiger charge is -2.29. The van der Waals surface area contributed by atoms with Gasteiger partial charge in [-0.2, -0.15) is 13.2 Å². The third-order valence-corrected chi connectivity index (χ3v) is 3.02. The smallest absolute Gasteiger partial charge is 0.419 e. The van der Waals surface area contributed by atoms with Crippen LogP contribution < -0.4 is 10.1 Å². The van der Waals surface area contributed by atoms with Gasteiger partial charge >= 0.3 is 24.5 Å². The van der Waals surface area contributed by atoms with Crippen molar-refractivity contribution >= 4 is 17.6 Å². The van der Waals surface area contributed by atoms with Gasteiger partial charge in [0.15, 0.2) is 5.57 Å². The predicted molar refractivity (Wildman–Crippen MR) is 76.1 cm³/mol. The molecule has 1 fully saturated rings. The number of carbonyl (C=O) groups is 2. The molecule has 0 aliphatic carbocycles. The Morgan fingerprint density at radius 2 is 1.59 bits per heavy atom. The van der Waals surface area contributed by atoms with Crippen LogP contribution in [0.5, 0.6) is 5.75 Å². The maximum absolute atomic E-state index is 13.1. The van der Waals surface area contributed by atoms with Gasteiger partial charge in [-0.1, -0.05) is 0 Å². The fraction of sp³-hybridized carbons (Fsp3) is 0.333. The molecule has 1 aromatic carbocycles. The minimum atomic E-state index is -5.18. The molecule has 1 aromatic rings. The summed E-state index contributed by atoms with van der Waals surface area (Å²) >= 11 is 0. The lowest BCUT2D eigenvalue weighted by molar-refractivity contribution is -0.274. The van der Waals surface area contributed by atoms with Gasteiger partial charge < -0.3 is 19.5 Å². The van der Waals surface area contributed by atoms with Gasteiger partial charge in [0, 0.05) is 20.0 Å². The number of halogens is 6. The Bertz CT molecular complexity index is 775. The molecule has 0 spiro atoms. The van der Waals surface area contributed by atoms with Crippen LogP contribution in [0.15, 0.2) is 30.0 Å². The van der Waals surface area contributed by atoms with E-state index in [-0.39, 0.29) is 6.07 Å². The first kappa shape index (κ1) is 20.4. The molecule has 148 valence electrons. The van der Waals surface area contributed by atoms with Crippen molar-refractivity contribution < 1.29 is 50.1 Å². The molecule has 0 saturated carbocycles. The Hall–Kier alpha value is -2.92. The minimum absolute atomic E-state index is 0.120. The van der Waals surface area contributed by atoms with Crippen molar-refractivity contribution in [2.24, 2.45) is 0 Å². The highest BCUT2D eigenvalue weighted by atomic mass is 19.4. The second kappa shape index (κ2) is 6.67. The zero-order valence-corrected chi connectivity index (χ0v) is 13.6. The molecular weight excluding hydrogens is 388 g/mol. The van der Waals surface area contributed by atoms with E-state index < -0.39 is 52.8 Å². The van der Waals surface area contributed by atoms with Crippen molar-refractivity contribution in [3.63, 3.8) is 0 Å². The number of carbonyl (C=O) groups excluding carboxylic acids is 2. The number of cyclic esters (lactones) is 2. The molecule has 1 N–H and O–H groups in total. The Morgan fingerprint density at radius 3 is 2.07 bits per heavy atom.